The summed E-state index contributed by atoms with van der Waals surface area (Å²) in [5.74, 6) is -0.136. The number of nitrogens with zero attached hydrogens (tertiary/aromatic N) is 3. The Morgan fingerprint density at radius 1 is 0.857 bits per heavy atom. The van der Waals surface area contributed by atoms with Crippen LogP contribution in [0.1, 0.15) is 27.7 Å². The van der Waals surface area contributed by atoms with Crippen molar-refractivity contribution in [3.63, 3.8) is 0 Å². The van der Waals surface area contributed by atoms with Crippen molar-refractivity contribution in [3.05, 3.63) is 87.8 Å². The first-order valence-electron chi connectivity index (χ1n) is 9.49. The van der Waals surface area contributed by atoms with Crippen LogP contribution in [-0.4, -0.2) is 52.1 Å². The van der Waals surface area contributed by atoms with E-state index in [0.29, 0.717) is 13.1 Å². The van der Waals surface area contributed by atoms with Crippen molar-refractivity contribution >= 4 is 5.91 Å². The molecule has 1 aliphatic carbocycles. The number of H-pyrrole nitrogens is 1. The molecule has 1 N–H and O–H groups in total. The molecule has 2 aliphatic rings. The molecule has 0 spiro atoms. The molecular weight excluding hydrogens is 352 g/mol. The Bertz CT molecular complexity index is 1030. The number of hydrogen-bond donors (Lipinski definition) is 1. The number of rotatable bonds is 2. The summed E-state index contributed by atoms with van der Waals surface area (Å²) in [5, 5.41) is 6.20. The van der Waals surface area contributed by atoms with Gasteiger partial charge in [0.25, 0.3) is 11.5 Å². The number of nitrogens with one attached hydrogen (secondary N) is 1. The quantitative estimate of drug-likeness (QED) is 0.749. The van der Waals surface area contributed by atoms with Crippen LogP contribution < -0.4 is 5.56 Å². The fourth-order valence-corrected chi connectivity index (χ4v) is 4.33. The van der Waals surface area contributed by atoms with Gasteiger partial charge in [-0.1, -0.05) is 48.5 Å². The summed E-state index contributed by atoms with van der Waals surface area (Å²) in [5.41, 5.74) is 5.26. The highest BCUT2D eigenvalue weighted by atomic mass is 16.2. The highest BCUT2D eigenvalue weighted by molar-refractivity contribution is 5.92. The third-order valence-corrected chi connectivity index (χ3v) is 5.67. The highest BCUT2D eigenvalue weighted by Gasteiger charge is 2.35. The van der Waals surface area contributed by atoms with E-state index in [1.807, 2.05) is 4.90 Å². The van der Waals surface area contributed by atoms with Gasteiger partial charge in [-0.25, -0.2) is 5.10 Å². The average molecular weight is 372 g/mol. The highest BCUT2D eigenvalue weighted by Crippen LogP contribution is 2.46. The van der Waals surface area contributed by atoms with Crippen molar-refractivity contribution in [2.45, 2.75) is 6.04 Å². The molecular formula is C22H20N4O2. The lowest BCUT2D eigenvalue weighted by Crippen LogP contribution is -2.49. The second kappa shape index (κ2) is 6.73. The van der Waals surface area contributed by atoms with Crippen LogP contribution in [0.25, 0.3) is 11.1 Å². The van der Waals surface area contributed by atoms with E-state index in [1.54, 1.807) is 0 Å². The van der Waals surface area contributed by atoms with Gasteiger partial charge in [-0.05, 0) is 28.3 Å². The van der Waals surface area contributed by atoms with Crippen molar-refractivity contribution in [2.75, 3.05) is 26.2 Å². The molecule has 3 aromatic rings. The van der Waals surface area contributed by atoms with Crippen LogP contribution in [0.4, 0.5) is 0 Å². The minimum Gasteiger partial charge on any atom is -0.335 e. The topological polar surface area (TPSA) is 69.3 Å². The Morgan fingerprint density at radius 2 is 1.46 bits per heavy atom. The molecule has 1 amide bonds. The molecule has 0 unspecified atom stereocenters. The zero-order valence-corrected chi connectivity index (χ0v) is 15.3. The Kier molecular flexibility index (Phi) is 4.06. The van der Waals surface area contributed by atoms with Gasteiger partial charge < -0.3 is 4.90 Å². The van der Waals surface area contributed by atoms with Crippen molar-refractivity contribution in [1.29, 1.82) is 0 Å². The van der Waals surface area contributed by atoms with Crippen molar-refractivity contribution in [1.82, 2.24) is 20.0 Å². The number of benzene rings is 2. The first kappa shape index (κ1) is 16.9. The van der Waals surface area contributed by atoms with Crippen molar-refractivity contribution in [3.8, 4) is 11.1 Å². The zero-order valence-electron chi connectivity index (χ0n) is 15.3. The van der Waals surface area contributed by atoms with Gasteiger partial charge in [-0.2, -0.15) is 5.10 Å². The normalized spacial score (nSPS) is 16.6. The Morgan fingerprint density at radius 3 is 2.04 bits per heavy atom. The molecule has 0 radical (unpaired) electrons. The van der Waals surface area contributed by atoms with Gasteiger partial charge >= 0.3 is 0 Å². The van der Waals surface area contributed by atoms with Gasteiger partial charge in [0.05, 0.1) is 6.04 Å². The predicted molar refractivity (Wildman–Crippen MR) is 106 cm³/mol. The van der Waals surface area contributed by atoms with Gasteiger partial charge in [0.15, 0.2) is 0 Å². The minimum absolute atomic E-state index is 0.136. The van der Waals surface area contributed by atoms with Gasteiger partial charge in [0.1, 0.15) is 5.69 Å². The van der Waals surface area contributed by atoms with Crippen LogP contribution in [0.15, 0.2) is 65.5 Å². The molecule has 1 saturated heterocycles. The van der Waals surface area contributed by atoms with Crippen LogP contribution in [-0.2, 0) is 0 Å². The second-order valence-corrected chi connectivity index (χ2v) is 7.21. The summed E-state index contributed by atoms with van der Waals surface area (Å²) in [6.07, 6.45) is 0. The summed E-state index contributed by atoms with van der Waals surface area (Å²) in [4.78, 5) is 28.1. The maximum Gasteiger partial charge on any atom is 0.274 e. The summed E-state index contributed by atoms with van der Waals surface area (Å²) < 4.78 is 0. The van der Waals surface area contributed by atoms with Gasteiger partial charge in [-0.15, -0.1) is 0 Å². The molecule has 6 nitrogen and oxygen atoms in total. The number of piperazine rings is 1. The van der Waals surface area contributed by atoms with Crippen molar-refractivity contribution in [2.24, 2.45) is 0 Å². The fourth-order valence-electron chi connectivity index (χ4n) is 4.33. The van der Waals surface area contributed by atoms with E-state index in [4.69, 9.17) is 0 Å². The number of hydrogen-bond acceptors (Lipinski definition) is 4. The van der Waals surface area contributed by atoms with Gasteiger partial charge in [0.2, 0.25) is 0 Å². The summed E-state index contributed by atoms with van der Waals surface area (Å²) in [6.45, 7) is 2.87. The lowest BCUT2D eigenvalue weighted by molar-refractivity contribution is 0.0593. The number of carbonyl (C=O) groups is 1. The maximum absolute atomic E-state index is 12.7. The van der Waals surface area contributed by atoms with E-state index >= 15 is 0 Å². The first-order chi connectivity index (χ1) is 13.7. The Hall–Kier alpha value is -3.25. The third kappa shape index (κ3) is 2.73. The van der Waals surface area contributed by atoms with Crippen LogP contribution in [0.5, 0.6) is 0 Å². The Balaban J connectivity index is 1.37. The molecule has 1 aromatic heterocycles. The molecule has 2 heterocycles. The smallest absolute Gasteiger partial charge is 0.274 e. The summed E-state index contributed by atoms with van der Waals surface area (Å²) in [7, 11) is 0. The number of aromatic nitrogens is 2. The van der Waals surface area contributed by atoms with E-state index in [1.165, 1.54) is 34.4 Å². The molecule has 6 heteroatoms. The van der Waals surface area contributed by atoms with E-state index in [2.05, 4.69) is 63.6 Å². The Labute approximate surface area is 162 Å². The molecule has 5 rings (SSSR count). The summed E-state index contributed by atoms with van der Waals surface area (Å²) >= 11 is 0. The molecule has 28 heavy (non-hydrogen) atoms. The standard InChI is InChI=1S/C22H20N4O2/c27-20-10-9-19(23-24-20)22(28)26-13-11-25(12-14-26)21-17-7-3-1-5-15(17)16-6-2-4-8-18(16)21/h1-10,21H,11-14H2,(H,24,27). The lowest BCUT2D eigenvalue weighted by atomic mass is 10.0. The van der Waals surface area contributed by atoms with Gasteiger partial charge in [0, 0.05) is 32.2 Å². The third-order valence-electron chi connectivity index (χ3n) is 5.67. The van der Waals surface area contributed by atoms with E-state index < -0.39 is 0 Å². The largest absolute Gasteiger partial charge is 0.335 e. The molecule has 140 valence electrons. The number of carbonyl (C=O) groups excluding carboxylic acids is 1. The average Bonchev–Trinajstić information content (AvgIpc) is 3.08. The van der Waals surface area contributed by atoms with E-state index in [-0.39, 0.29) is 23.2 Å². The van der Waals surface area contributed by atoms with Crippen LogP contribution in [0, 0.1) is 0 Å². The van der Waals surface area contributed by atoms with Crippen molar-refractivity contribution < 1.29 is 4.79 Å². The number of fused-ring (bicyclic) bond motifs is 3. The molecule has 0 bridgehead atoms. The molecule has 1 aliphatic heterocycles. The van der Waals surface area contributed by atoms with E-state index in [9.17, 15) is 9.59 Å². The molecule has 0 atom stereocenters. The molecule has 2 aromatic carbocycles. The molecule has 1 fully saturated rings. The van der Waals surface area contributed by atoms with Crippen LogP contribution >= 0.6 is 0 Å². The molecule has 0 saturated carbocycles. The van der Waals surface area contributed by atoms with Gasteiger partial charge in [-0.3, -0.25) is 14.5 Å². The number of amides is 1. The minimum atomic E-state index is -0.306. The van der Waals surface area contributed by atoms with Crippen LogP contribution in [0.2, 0.25) is 0 Å². The SMILES string of the molecule is O=C(c1ccc(=O)[nH]n1)N1CCN(C2c3ccccc3-c3ccccc32)CC1. The number of aromatic amines is 1. The monoisotopic (exact) mass is 372 g/mol. The zero-order chi connectivity index (χ0) is 19.1. The van der Waals surface area contributed by atoms with E-state index in [0.717, 1.165) is 13.1 Å². The van der Waals surface area contributed by atoms with Crippen LogP contribution in [0.3, 0.4) is 0 Å². The second-order valence-electron chi connectivity index (χ2n) is 7.21. The summed E-state index contributed by atoms with van der Waals surface area (Å²) in [6, 6.07) is 20.2. The first-order valence-corrected chi connectivity index (χ1v) is 9.49. The maximum atomic E-state index is 12.7. The lowest BCUT2D eigenvalue weighted by Gasteiger charge is -2.38. The fraction of sp³-hybridized carbons (Fsp3) is 0.227. The predicted octanol–water partition coefficient (Wildman–Crippen LogP) is 2.30.